The Bertz CT molecular complexity index is 435. The second-order valence-corrected chi connectivity index (χ2v) is 3.99. The number of nitriles is 1. The van der Waals surface area contributed by atoms with Gasteiger partial charge in [-0.25, -0.2) is 0 Å². The van der Waals surface area contributed by atoms with Gasteiger partial charge in [-0.1, -0.05) is 0 Å². The number of amides is 1. The standard InChI is InChI=1S/C13H17N3O/c1-10-8-12(6-5-11(10)9-14)16-7-3-2-4-13(15)17/h5-6,8,16H,2-4,7H2,1H3,(H2,15,17). The van der Waals surface area contributed by atoms with E-state index in [-0.39, 0.29) is 5.91 Å². The first-order chi connectivity index (χ1) is 8.13. The average molecular weight is 231 g/mol. The van der Waals surface area contributed by atoms with Crippen LogP contribution in [0.4, 0.5) is 5.69 Å². The number of rotatable bonds is 6. The van der Waals surface area contributed by atoms with E-state index in [1.807, 2.05) is 19.1 Å². The van der Waals surface area contributed by atoms with E-state index >= 15 is 0 Å². The van der Waals surface area contributed by atoms with Crippen LogP contribution < -0.4 is 11.1 Å². The molecule has 0 aliphatic rings. The molecule has 0 heterocycles. The average Bonchev–Trinajstić information content (AvgIpc) is 2.28. The van der Waals surface area contributed by atoms with Crippen molar-refractivity contribution in [3.05, 3.63) is 29.3 Å². The molecule has 0 bridgehead atoms. The molecule has 1 rings (SSSR count). The molecule has 17 heavy (non-hydrogen) atoms. The molecule has 0 saturated carbocycles. The van der Waals surface area contributed by atoms with Crippen LogP contribution in [0, 0.1) is 18.3 Å². The molecule has 0 aliphatic heterocycles. The van der Waals surface area contributed by atoms with Crippen molar-refractivity contribution in [2.24, 2.45) is 5.73 Å². The van der Waals surface area contributed by atoms with Gasteiger partial charge >= 0.3 is 0 Å². The highest BCUT2D eigenvalue weighted by atomic mass is 16.1. The van der Waals surface area contributed by atoms with E-state index in [1.54, 1.807) is 6.07 Å². The quantitative estimate of drug-likeness (QED) is 0.734. The Morgan fingerprint density at radius 1 is 1.47 bits per heavy atom. The Morgan fingerprint density at radius 2 is 2.24 bits per heavy atom. The number of carbonyl (C=O) groups is 1. The van der Waals surface area contributed by atoms with Crippen LogP contribution in [-0.4, -0.2) is 12.5 Å². The van der Waals surface area contributed by atoms with E-state index in [1.165, 1.54) is 0 Å². The fourth-order valence-electron chi connectivity index (χ4n) is 1.56. The van der Waals surface area contributed by atoms with Crippen LogP contribution in [0.2, 0.25) is 0 Å². The van der Waals surface area contributed by atoms with Crippen molar-refractivity contribution < 1.29 is 4.79 Å². The molecule has 0 saturated heterocycles. The fourth-order valence-corrected chi connectivity index (χ4v) is 1.56. The number of anilines is 1. The lowest BCUT2D eigenvalue weighted by atomic mass is 10.1. The van der Waals surface area contributed by atoms with Crippen LogP contribution >= 0.6 is 0 Å². The Hall–Kier alpha value is -2.02. The van der Waals surface area contributed by atoms with E-state index in [9.17, 15) is 4.79 Å². The predicted molar refractivity (Wildman–Crippen MR) is 67.4 cm³/mol. The number of benzene rings is 1. The van der Waals surface area contributed by atoms with E-state index in [2.05, 4.69) is 11.4 Å². The summed E-state index contributed by atoms with van der Waals surface area (Å²) in [5.41, 5.74) is 7.71. The van der Waals surface area contributed by atoms with Crippen LogP contribution in [0.1, 0.15) is 30.4 Å². The maximum absolute atomic E-state index is 10.5. The normalized spacial score (nSPS) is 9.65. The molecule has 90 valence electrons. The van der Waals surface area contributed by atoms with Crippen LogP contribution in [0.5, 0.6) is 0 Å². The third-order valence-electron chi connectivity index (χ3n) is 2.53. The summed E-state index contributed by atoms with van der Waals surface area (Å²) >= 11 is 0. The monoisotopic (exact) mass is 231 g/mol. The molecule has 1 aromatic carbocycles. The van der Waals surface area contributed by atoms with Crippen molar-refractivity contribution in [1.82, 2.24) is 0 Å². The topological polar surface area (TPSA) is 78.9 Å². The number of primary amides is 1. The first-order valence-electron chi connectivity index (χ1n) is 5.66. The summed E-state index contributed by atoms with van der Waals surface area (Å²) < 4.78 is 0. The Balaban J connectivity index is 2.35. The lowest BCUT2D eigenvalue weighted by Crippen LogP contribution is -2.10. The second kappa shape index (κ2) is 6.54. The third kappa shape index (κ3) is 4.56. The number of nitrogens with one attached hydrogen (secondary N) is 1. The van der Waals surface area contributed by atoms with E-state index in [0.29, 0.717) is 12.0 Å². The molecule has 0 unspecified atom stereocenters. The number of hydrogen-bond acceptors (Lipinski definition) is 3. The van der Waals surface area contributed by atoms with Crippen LogP contribution in [0.3, 0.4) is 0 Å². The van der Waals surface area contributed by atoms with E-state index in [4.69, 9.17) is 11.0 Å². The summed E-state index contributed by atoms with van der Waals surface area (Å²) in [7, 11) is 0. The highest BCUT2D eigenvalue weighted by molar-refractivity contribution is 5.73. The molecule has 1 aromatic rings. The van der Waals surface area contributed by atoms with Gasteiger partial charge in [-0.15, -0.1) is 0 Å². The number of nitrogens with two attached hydrogens (primary N) is 1. The maximum Gasteiger partial charge on any atom is 0.217 e. The van der Waals surface area contributed by atoms with Crippen LogP contribution in [0.25, 0.3) is 0 Å². The first kappa shape index (κ1) is 13.0. The molecule has 4 heteroatoms. The molecule has 0 radical (unpaired) electrons. The summed E-state index contributed by atoms with van der Waals surface area (Å²) in [5.74, 6) is -0.251. The number of hydrogen-bond donors (Lipinski definition) is 2. The molecular weight excluding hydrogens is 214 g/mol. The molecule has 0 fully saturated rings. The summed E-state index contributed by atoms with van der Waals surface area (Å²) in [5, 5.41) is 12.0. The minimum Gasteiger partial charge on any atom is -0.385 e. The van der Waals surface area contributed by atoms with Crippen molar-refractivity contribution in [2.75, 3.05) is 11.9 Å². The van der Waals surface area contributed by atoms with Crippen molar-refractivity contribution in [2.45, 2.75) is 26.2 Å². The number of carbonyl (C=O) groups excluding carboxylic acids is 1. The molecule has 4 nitrogen and oxygen atoms in total. The predicted octanol–water partition coefficient (Wildman–Crippen LogP) is 1.93. The summed E-state index contributed by atoms with van der Waals surface area (Å²) in [4.78, 5) is 10.5. The Morgan fingerprint density at radius 3 is 2.82 bits per heavy atom. The molecule has 0 spiro atoms. The Kier molecular flexibility index (Phi) is 5.02. The number of unbranched alkanes of at least 4 members (excludes halogenated alkanes) is 1. The van der Waals surface area contributed by atoms with Gasteiger partial charge in [0.2, 0.25) is 5.91 Å². The second-order valence-electron chi connectivity index (χ2n) is 3.99. The SMILES string of the molecule is Cc1cc(NCCCCC(N)=O)ccc1C#N. The summed E-state index contributed by atoms with van der Waals surface area (Å²) in [6, 6.07) is 7.78. The first-order valence-corrected chi connectivity index (χ1v) is 5.66. The van der Waals surface area contributed by atoms with Crippen molar-refractivity contribution in [1.29, 1.82) is 5.26 Å². The molecule has 0 aromatic heterocycles. The molecule has 3 N–H and O–H groups in total. The lowest BCUT2D eigenvalue weighted by molar-refractivity contribution is -0.118. The van der Waals surface area contributed by atoms with Gasteiger partial charge in [0, 0.05) is 18.7 Å². The zero-order valence-electron chi connectivity index (χ0n) is 9.99. The number of nitrogens with zero attached hydrogens (tertiary/aromatic N) is 1. The highest BCUT2D eigenvalue weighted by Gasteiger charge is 1.99. The van der Waals surface area contributed by atoms with E-state index in [0.717, 1.165) is 30.6 Å². The molecule has 1 amide bonds. The largest absolute Gasteiger partial charge is 0.385 e. The van der Waals surface area contributed by atoms with Crippen LogP contribution in [0.15, 0.2) is 18.2 Å². The third-order valence-corrected chi connectivity index (χ3v) is 2.53. The van der Waals surface area contributed by atoms with Gasteiger partial charge < -0.3 is 11.1 Å². The van der Waals surface area contributed by atoms with Gasteiger partial charge in [0.1, 0.15) is 0 Å². The highest BCUT2D eigenvalue weighted by Crippen LogP contribution is 2.14. The van der Waals surface area contributed by atoms with Gasteiger partial charge in [0.05, 0.1) is 11.6 Å². The minimum absolute atomic E-state index is 0.251. The van der Waals surface area contributed by atoms with Gasteiger partial charge in [0.15, 0.2) is 0 Å². The molecule has 0 atom stereocenters. The fraction of sp³-hybridized carbons (Fsp3) is 0.385. The van der Waals surface area contributed by atoms with E-state index < -0.39 is 0 Å². The Labute approximate surface area is 101 Å². The van der Waals surface area contributed by atoms with Gasteiger partial charge in [-0.2, -0.15) is 5.26 Å². The minimum atomic E-state index is -0.251. The number of aryl methyl sites for hydroxylation is 1. The van der Waals surface area contributed by atoms with Crippen molar-refractivity contribution >= 4 is 11.6 Å². The van der Waals surface area contributed by atoms with Crippen LogP contribution in [-0.2, 0) is 4.79 Å². The molecule has 0 aliphatic carbocycles. The summed E-state index contributed by atoms with van der Waals surface area (Å²) in [6.07, 6.45) is 2.15. The maximum atomic E-state index is 10.5. The van der Waals surface area contributed by atoms with Gasteiger partial charge in [-0.3, -0.25) is 4.79 Å². The zero-order valence-corrected chi connectivity index (χ0v) is 9.99. The smallest absolute Gasteiger partial charge is 0.217 e. The zero-order chi connectivity index (χ0) is 12.7. The lowest BCUT2D eigenvalue weighted by Gasteiger charge is -2.07. The van der Waals surface area contributed by atoms with Gasteiger partial charge in [0.25, 0.3) is 0 Å². The van der Waals surface area contributed by atoms with Crippen molar-refractivity contribution in [3.63, 3.8) is 0 Å². The van der Waals surface area contributed by atoms with Crippen molar-refractivity contribution in [3.8, 4) is 6.07 Å². The molecular formula is C13H17N3O. The van der Waals surface area contributed by atoms with Gasteiger partial charge in [-0.05, 0) is 43.5 Å². The summed E-state index contributed by atoms with van der Waals surface area (Å²) in [6.45, 7) is 2.72.